The van der Waals surface area contributed by atoms with Crippen LogP contribution in [-0.2, 0) is 15.3 Å². The van der Waals surface area contributed by atoms with Gasteiger partial charge < -0.3 is 15.0 Å². The first-order valence-corrected chi connectivity index (χ1v) is 11.7. The number of pyridine rings is 2. The Hall–Kier alpha value is -3.92. The van der Waals surface area contributed by atoms with E-state index >= 15 is 0 Å². The number of carbonyl (C=O) groups is 1. The summed E-state index contributed by atoms with van der Waals surface area (Å²) in [6, 6.07) is 15.6. The Morgan fingerprint density at radius 2 is 1.88 bits per heavy atom. The van der Waals surface area contributed by atoms with Crippen LogP contribution in [0.5, 0.6) is 0 Å². The Labute approximate surface area is 202 Å². The molecule has 4 rings (SSSR count). The number of nitrogens with one attached hydrogen (secondary N) is 1. The molecular formula is C25H22N6O2S. The molecule has 170 valence electrons. The Bertz CT molecular complexity index is 1260. The average Bonchev–Trinajstić information content (AvgIpc) is 2.87. The van der Waals surface area contributed by atoms with Crippen LogP contribution < -0.4 is 10.2 Å². The molecule has 0 aliphatic carbocycles. The molecule has 3 aromatic rings. The van der Waals surface area contributed by atoms with Crippen LogP contribution in [0.3, 0.4) is 0 Å². The van der Waals surface area contributed by atoms with Crippen LogP contribution in [0.4, 0.5) is 11.5 Å². The number of benzene rings is 1. The van der Waals surface area contributed by atoms with Crippen LogP contribution >= 0.6 is 11.8 Å². The third kappa shape index (κ3) is 5.18. The second-order valence-electron chi connectivity index (χ2n) is 7.60. The van der Waals surface area contributed by atoms with Crippen molar-refractivity contribution in [1.29, 1.82) is 10.5 Å². The highest BCUT2D eigenvalue weighted by molar-refractivity contribution is 7.98. The van der Waals surface area contributed by atoms with Crippen LogP contribution in [0.2, 0.25) is 0 Å². The van der Waals surface area contributed by atoms with E-state index in [9.17, 15) is 15.3 Å². The van der Waals surface area contributed by atoms with Gasteiger partial charge in [0.1, 0.15) is 28.5 Å². The molecule has 0 unspecified atom stereocenters. The van der Waals surface area contributed by atoms with Gasteiger partial charge in [-0.3, -0.25) is 9.78 Å². The van der Waals surface area contributed by atoms with Crippen molar-refractivity contribution in [2.45, 2.75) is 17.7 Å². The lowest BCUT2D eigenvalue weighted by Gasteiger charge is -2.29. The van der Waals surface area contributed by atoms with Gasteiger partial charge in [0.05, 0.1) is 18.8 Å². The number of hydrogen-bond donors (Lipinski definition) is 1. The minimum absolute atomic E-state index is 0.171. The summed E-state index contributed by atoms with van der Waals surface area (Å²) in [6.45, 7) is 3.76. The van der Waals surface area contributed by atoms with Crippen molar-refractivity contribution in [3.63, 3.8) is 0 Å². The van der Waals surface area contributed by atoms with Crippen molar-refractivity contribution < 1.29 is 9.53 Å². The van der Waals surface area contributed by atoms with E-state index in [1.807, 2.05) is 17.0 Å². The molecule has 0 saturated carbocycles. The van der Waals surface area contributed by atoms with E-state index in [0.717, 1.165) is 5.56 Å². The van der Waals surface area contributed by atoms with E-state index in [-0.39, 0.29) is 5.91 Å². The average molecular weight is 471 g/mol. The van der Waals surface area contributed by atoms with Crippen LogP contribution in [0.1, 0.15) is 23.6 Å². The number of nitrogens with zero attached hydrogens (tertiary/aromatic N) is 5. The third-order valence-corrected chi connectivity index (χ3v) is 6.32. The molecule has 1 saturated heterocycles. The fourth-order valence-corrected chi connectivity index (χ4v) is 4.63. The Morgan fingerprint density at radius 3 is 2.50 bits per heavy atom. The second-order valence-corrected chi connectivity index (χ2v) is 8.56. The first kappa shape index (κ1) is 23.2. The fraction of sp³-hybridized carbons (Fsp3) is 0.240. The topological polar surface area (TPSA) is 115 Å². The van der Waals surface area contributed by atoms with E-state index in [4.69, 9.17) is 9.72 Å². The van der Waals surface area contributed by atoms with Gasteiger partial charge in [-0.2, -0.15) is 10.5 Å². The lowest BCUT2D eigenvalue weighted by molar-refractivity contribution is -0.114. The van der Waals surface area contributed by atoms with Crippen molar-refractivity contribution in [3.8, 4) is 23.3 Å². The highest BCUT2D eigenvalue weighted by Crippen LogP contribution is 2.39. The van der Waals surface area contributed by atoms with Crippen LogP contribution in [0.15, 0.2) is 53.8 Å². The van der Waals surface area contributed by atoms with Gasteiger partial charge in [-0.1, -0.05) is 18.2 Å². The zero-order chi connectivity index (χ0) is 23.9. The molecule has 9 heteroatoms. The molecule has 1 aromatic carbocycles. The highest BCUT2D eigenvalue weighted by atomic mass is 32.2. The predicted octanol–water partition coefficient (Wildman–Crippen LogP) is 3.97. The zero-order valence-electron chi connectivity index (χ0n) is 18.6. The number of anilines is 2. The summed E-state index contributed by atoms with van der Waals surface area (Å²) in [6.07, 6.45) is 3.50. The Kier molecular flexibility index (Phi) is 7.38. The van der Waals surface area contributed by atoms with E-state index < -0.39 is 0 Å². The lowest BCUT2D eigenvalue weighted by Crippen LogP contribution is -2.37. The van der Waals surface area contributed by atoms with E-state index in [2.05, 4.69) is 22.4 Å². The number of carbonyl (C=O) groups excluding carboxylic acids is 1. The summed E-state index contributed by atoms with van der Waals surface area (Å²) in [5.74, 6) is 0.973. The quantitative estimate of drug-likeness (QED) is 0.538. The fourth-order valence-electron chi connectivity index (χ4n) is 3.72. The minimum Gasteiger partial charge on any atom is -0.378 e. The summed E-state index contributed by atoms with van der Waals surface area (Å²) in [4.78, 5) is 22.4. The molecule has 1 fully saturated rings. The van der Waals surface area contributed by atoms with Crippen LogP contribution in [-0.4, -0.2) is 42.2 Å². The van der Waals surface area contributed by atoms with Gasteiger partial charge in [0.2, 0.25) is 5.91 Å². The first-order valence-electron chi connectivity index (χ1n) is 10.7. The van der Waals surface area contributed by atoms with E-state index in [1.165, 1.54) is 18.7 Å². The smallest absolute Gasteiger partial charge is 0.221 e. The number of amides is 1. The molecule has 1 N–H and O–H groups in total. The SMILES string of the molecule is CC(=O)Nc1ccc(-c2c(C#N)c(SCc3cccnc3)nc(N3CCOCC3)c2C#N)cc1. The normalized spacial score (nSPS) is 13.1. The molecule has 0 radical (unpaired) electrons. The summed E-state index contributed by atoms with van der Waals surface area (Å²) >= 11 is 1.44. The Morgan fingerprint density at radius 1 is 1.15 bits per heavy atom. The van der Waals surface area contributed by atoms with Gasteiger partial charge in [0, 0.05) is 49.4 Å². The number of thioether (sulfide) groups is 1. The van der Waals surface area contributed by atoms with Crippen LogP contribution in [0.25, 0.3) is 11.1 Å². The zero-order valence-corrected chi connectivity index (χ0v) is 19.4. The Balaban J connectivity index is 1.83. The van der Waals surface area contributed by atoms with Gasteiger partial charge in [-0.15, -0.1) is 11.8 Å². The number of nitriles is 2. The van der Waals surface area contributed by atoms with E-state index in [0.29, 0.717) is 70.8 Å². The molecule has 3 heterocycles. The monoisotopic (exact) mass is 470 g/mol. The number of morpholine rings is 1. The number of ether oxygens (including phenoxy) is 1. The summed E-state index contributed by atoms with van der Waals surface area (Å²) in [5, 5.41) is 23.6. The molecule has 1 aliphatic rings. The van der Waals surface area contributed by atoms with E-state index in [1.54, 1.807) is 36.7 Å². The predicted molar refractivity (Wildman–Crippen MR) is 130 cm³/mol. The molecule has 0 bridgehead atoms. The summed E-state index contributed by atoms with van der Waals surface area (Å²) < 4.78 is 5.48. The first-order chi connectivity index (χ1) is 16.6. The number of aromatic nitrogens is 2. The maximum absolute atomic E-state index is 11.4. The molecule has 1 aliphatic heterocycles. The van der Waals surface area contributed by atoms with Crippen molar-refractivity contribution in [2.24, 2.45) is 0 Å². The maximum Gasteiger partial charge on any atom is 0.221 e. The second kappa shape index (κ2) is 10.8. The molecule has 34 heavy (non-hydrogen) atoms. The number of rotatable bonds is 6. The third-order valence-electron chi connectivity index (χ3n) is 5.27. The summed E-state index contributed by atoms with van der Waals surface area (Å²) in [7, 11) is 0. The molecule has 2 aromatic heterocycles. The standard InChI is InChI=1S/C25H22N6O2S/c1-17(32)29-20-6-4-19(5-7-20)23-21(13-26)24(31-9-11-33-12-10-31)30-25(22(23)14-27)34-16-18-3-2-8-28-15-18/h2-8,15H,9-12,16H2,1H3,(H,29,32). The van der Waals surface area contributed by atoms with Gasteiger partial charge >= 0.3 is 0 Å². The van der Waals surface area contributed by atoms with Crippen molar-refractivity contribution >= 4 is 29.2 Å². The highest BCUT2D eigenvalue weighted by Gasteiger charge is 2.25. The van der Waals surface area contributed by atoms with Crippen molar-refractivity contribution in [1.82, 2.24) is 9.97 Å². The largest absolute Gasteiger partial charge is 0.378 e. The molecule has 8 nitrogen and oxygen atoms in total. The van der Waals surface area contributed by atoms with Gasteiger partial charge in [-0.05, 0) is 29.3 Å². The summed E-state index contributed by atoms with van der Waals surface area (Å²) in [5.41, 5.74) is 3.62. The molecular weight excluding hydrogens is 448 g/mol. The minimum atomic E-state index is -0.171. The molecule has 0 atom stereocenters. The van der Waals surface area contributed by atoms with Crippen molar-refractivity contribution in [3.05, 3.63) is 65.5 Å². The van der Waals surface area contributed by atoms with Gasteiger partial charge in [0.25, 0.3) is 0 Å². The molecule has 1 amide bonds. The maximum atomic E-state index is 11.4. The van der Waals surface area contributed by atoms with Gasteiger partial charge in [0.15, 0.2) is 0 Å². The number of hydrogen-bond acceptors (Lipinski definition) is 8. The van der Waals surface area contributed by atoms with Gasteiger partial charge in [-0.25, -0.2) is 4.98 Å². The molecule has 0 spiro atoms. The van der Waals surface area contributed by atoms with Crippen LogP contribution in [0, 0.1) is 22.7 Å². The van der Waals surface area contributed by atoms with Crippen molar-refractivity contribution in [2.75, 3.05) is 36.5 Å². The lowest BCUT2D eigenvalue weighted by atomic mass is 9.96.